The van der Waals surface area contributed by atoms with E-state index in [9.17, 15) is 9.59 Å². The van der Waals surface area contributed by atoms with Gasteiger partial charge in [-0.2, -0.15) is 0 Å². The van der Waals surface area contributed by atoms with Crippen molar-refractivity contribution in [1.29, 1.82) is 0 Å². The number of aliphatic carboxylic acids is 1. The van der Waals surface area contributed by atoms with Crippen molar-refractivity contribution in [2.24, 2.45) is 0 Å². The average Bonchev–Trinajstić information content (AvgIpc) is 2.32. The van der Waals surface area contributed by atoms with E-state index >= 15 is 0 Å². The minimum Gasteiger partial charge on any atom is -0.481 e. The van der Waals surface area contributed by atoms with E-state index in [1.807, 2.05) is 0 Å². The summed E-state index contributed by atoms with van der Waals surface area (Å²) in [6.45, 7) is 0. The minimum atomic E-state index is -0.850. The molecule has 6 nitrogen and oxygen atoms in total. The molecule has 18 heavy (non-hydrogen) atoms. The minimum absolute atomic E-state index is 0.0169. The molecule has 2 rings (SSSR count). The van der Waals surface area contributed by atoms with Crippen LogP contribution in [-0.2, 0) is 4.79 Å². The Kier molecular flexibility index (Phi) is 3.64. The lowest BCUT2D eigenvalue weighted by Crippen LogP contribution is -2.44. The first kappa shape index (κ1) is 12.6. The average molecular weight is 251 g/mol. The molecule has 1 aromatic heterocycles. The van der Waals surface area contributed by atoms with Crippen LogP contribution in [-0.4, -0.2) is 26.6 Å². The third-order valence-electron chi connectivity index (χ3n) is 3.39. The van der Waals surface area contributed by atoms with Gasteiger partial charge in [0, 0.05) is 17.9 Å². The van der Waals surface area contributed by atoms with Gasteiger partial charge in [0.25, 0.3) is 5.56 Å². The molecule has 0 radical (unpaired) electrons. The molecule has 0 saturated heterocycles. The smallest absolute Gasteiger partial charge is 0.305 e. The number of hydrogen-bond donors (Lipinski definition) is 3. The highest BCUT2D eigenvalue weighted by Gasteiger charge is 2.35. The third-order valence-corrected chi connectivity index (χ3v) is 3.39. The number of nitrogens with one attached hydrogen (secondary N) is 2. The van der Waals surface area contributed by atoms with Crippen molar-refractivity contribution >= 4 is 11.8 Å². The van der Waals surface area contributed by atoms with Crippen LogP contribution in [0.4, 0.5) is 5.82 Å². The van der Waals surface area contributed by atoms with Gasteiger partial charge < -0.3 is 15.4 Å². The number of carbonyl (C=O) groups is 1. The molecule has 1 fully saturated rings. The highest BCUT2D eigenvalue weighted by atomic mass is 16.4. The first-order valence-electron chi connectivity index (χ1n) is 6.15. The molecule has 6 heteroatoms. The van der Waals surface area contributed by atoms with E-state index in [1.165, 1.54) is 12.4 Å². The molecule has 1 aromatic rings. The summed E-state index contributed by atoms with van der Waals surface area (Å²) >= 11 is 0. The van der Waals surface area contributed by atoms with Crippen molar-refractivity contribution in [3.8, 4) is 0 Å². The number of carboxylic acid groups (broad SMARTS) is 1. The second-order valence-electron chi connectivity index (χ2n) is 4.80. The zero-order valence-corrected chi connectivity index (χ0v) is 10.1. The number of aromatic amines is 1. The highest BCUT2D eigenvalue weighted by molar-refractivity contribution is 5.69. The van der Waals surface area contributed by atoms with Gasteiger partial charge in [-0.1, -0.05) is 19.3 Å². The number of anilines is 1. The largest absolute Gasteiger partial charge is 0.481 e. The molecule has 0 bridgehead atoms. The molecule has 98 valence electrons. The zero-order valence-electron chi connectivity index (χ0n) is 10.1. The van der Waals surface area contributed by atoms with Crippen molar-refractivity contribution < 1.29 is 9.90 Å². The fourth-order valence-corrected chi connectivity index (χ4v) is 2.56. The molecule has 1 heterocycles. The van der Waals surface area contributed by atoms with Crippen LogP contribution < -0.4 is 10.9 Å². The van der Waals surface area contributed by atoms with Gasteiger partial charge in [0.2, 0.25) is 0 Å². The fourth-order valence-electron chi connectivity index (χ4n) is 2.56. The predicted octanol–water partition coefficient (Wildman–Crippen LogP) is 1.36. The van der Waals surface area contributed by atoms with Crippen LogP contribution in [0.15, 0.2) is 17.2 Å². The highest BCUT2D eigenvalue weighted by Crippen LogP contribution is 2.33. The number of rotatable bonds is 4. The monoisotopic (exact) mass is 251 g/mol. The molecule has 1 saturated carbocycles. The standard InChI is InChI=1S/C12H17N3O3/c16-9(17)8-12(4-2-1-3-5-12)15-10-11(18)14-7-6-13-10/h6-7H,1-5,8H2,(H,13,15)(H,14,18)(H,16,17). The third kappa shape index (κ3) is 2.88. The maximum Gasteiger partial charge on any atom is 0.305 e. The van der Waals surface area contributed by atoms with E-state index in [2.05, 4.69) is 15.3 Å². The van der Waals surface area contributed by atoms with E-state index < -0.39 is 11.5 Å². The van der Waals surface area contributed by atoms with Crippen LogP contribution in [0, 0.1) is 0 Å². The topological polar surface area (TPSA) is 95.1 Å². The molecule has 0 amide bonds. The molecule has 0 aliphatic heterocycles. The summed E-state index contributed by atoms with van der Waals surface area (Å²) in [5, 5.41) is 12.1. The summed E-state index contributed by atoms with van der Waals surface area (Å²) in [6.07, 6.45) is 7.55. The van der Waals surface area contributed by atoms with Gasteiger partial charge in [-0.25, -0.2) is 4.98 Å². The van der Waals surface area contributed by atoms with Crippen LogP contribution in [0.1, 0.15) is 38.5 Å². The van der Waals surface area contributed by atoms with Gasteiger partial charge in [-0.15, -0.1) is 0 Å². The number of H-pyrrole nitrogens is 1. The fraction of sp³-hybridized carbons (Fsp3) is 0.583. The summed E-state index contributed by atoms with van der Waals surface area (Å²) in [6, 6.07) is 0. The summed E-state index contributed by atoms with van der Waals surface area (Å²) in [7, 11) is 0. The molecule has 0 spiro atoms. The summed E-state index contributed by atoms with van der Waals surface area (Å²) in [5.74, 6) is -0.641. The predicted molar refractivity (Wildman–Crippen MR) is 66.5 cm³/mol. The number of carboxylic acids is 1. The Bertz CT molecular complexity index is 477. The van der Waals surface area contributed by atoms with Gasteiger partial charge in [0.1, 0.15) is 0 Å². The molecule has 0 aromatic carbocycles. The molecule has 1 aliphatic rings. The first-order valence-corrected chi connectivity index (χ1v) is 6.15. The Morgan fingerprint density at radius 3 is 2.78 bits per heavy atom. The molecule has 0 unspecified atom stereocenters. The second kappa shape index (κ2) is 5.20. The van der Waals surface area contributed by atoms with Crippen LogP contribution in [0.2, 0.25) is 0 Å². The van der Waals surface area contributed by atoms with E-state index in [4.69, 9.17) is 5.11 Å². The van der Waals surface area contributed by atoms with E-state index in [0.717, 1.165) is 32.1 Å². The van der Waals surface area contributed by atoms with Gasteiger partial charge in [0.15, 0.2) is 5.82 Å². The summed E-state index contributed by atoms with van der Waals surface area (Å²) in [5.41, 5.74) is -0.848. The molecule has 0 atom stereocenters. The van der Waals surface area contributed by atoms with Crippen LogP contribution in [0.3, 0.4) is 0 Å². The van der Waals surface area contributed by atoms with Gasteiger partial charge >= 0.3 is 5.97 Å². The number of nitrogens with zero attached hydrogens (tertiary/aromatic N) is 1. The number of hydrogen-bond acceptors (Lipinski definition) is 4. The van der Waals surface area contributed by atoms with Crippen molar-refractivity contribution in [2.45, 2.75) is 44.1 Å². The molecule has 1 aliphatic carbocycles. The van der Waals surface area contributed by atoms with Crippen molar-refractivity contribution in [2.75, 3.05) is 5.32 Å². The Morgan fingerprint density at radius 2 is 2.17 bits per heavy atom. The van der Waals surface area contributed by atoms with E-state index in [1.54, 1.807) is 0 Å². The lowest BCUT2D eigenvalue weighted by atomic mass is 9.79. The molecule has 3 N–H and O–H groups in total. The normalized spacial score (nSPS) is 18.2. The molecular weight excluding hydrogens is 234 g/mol. The van der Waals surface area contributed by atoms with Crippen LogP contribution >= 0.6 is 0 Å². The van der Waals surface area contributed by atoms with Gasteiger partial charge in [0.05, 0.1) is 6.42 Å². The Balaban J connectivity index is 2.22. The Labute approximate surface area is 104 Å². The Morgan fingerprint density at radius 1 is 1.44 bits per heavy atom. The Hall–Kier alpha value is -1.85. The second-order valence-corrected chi connectivity index (χ2v) is 4.80. The maximum atomic E-state index is 11.6. The van der Waals surface area contributed by atoms with Crippen molar-refractivity contribution in [3.63, 3.8) is 0 Å². The zero-order chi connectivity index (χ0) is 13.0. The van der Waals surface area contributed by atoms with Crippen molar-refractivity contribution in [3.05, 3.63) is 22.7 Å². The number of aromatic nitrogens is 2. The van der Waals surface area contributed by atoms with Gasteiger partial charge in [-0.05, 0) is 12.8 Å². The van der Waals surface area contributed by atoms with E-state index in [0.29, 0.717) is 0 Å². The SMILES string of the molecule is O=C(O)CC1(Nc2ncc[nH]c2=O)CCCCC1. The summed E-state index contributed by atoms with van der Waals surface area (Å²) < 4.78 is 0. The summed E-state index contributed by atoms with van der Waals surface area (Å²) in [4.78, 5) is 29.1. The van der Waals surface area contributed by atoms with Crippen LogP contribution in [0.5, 0.6) is 0 Å². The maximum absolute atomic E-state index is 11.6. The quantitative estimate of drug-likeness (QED) is 0.751. The first-order chi connectivity index (χ1) is 8.61. The molecular formula is C12H17N3O3. The van der Waals surface area contributed by atoms with Crippen molar-refractivity contribution in [1.82, 2.24) is 9.97 Å². The van der Waals surface area contributed by atoms with Gasteiger partial charge in [-0.3, -0.25) is 9.59 Å². The van der Waals surface area contributed by atoms with Crippen LogP contribution in [0.25, 0.3) is 0 Å². The van der Waals surface area contributed by atoms with E-state index in [-0.39, 0.29) is 17.8 Å². The lowest BCUT2D eigenvalue weighted by Gasteiger charge is -2.37. The lowest BCUT2D eigenvalue weighted by molar-refractivity contribution is -0.138.